The topological polar surface area (TPSA) is 71.1 Å². The van der Waals surface area contributed by atoms with Crippen LogP contribution in [0.15, 0.2) is 67.0 Å². The molecular weight excluding hydrogens is 333 g/mol. The summed E-state index contributed by atoms with van der Waals surface area (Å²) in [6.07, 6.45) is 2.72. The molecule has 0 bridgehead atoms. The van der Waals surface area contributed by atoms with Crippen molar-refractivity contribution in [1.29, 1.82) is 0 Å². The van der Waals surface area contributed by atoms with Crippen LogP contribution in [0, 0.1) is 12.7 Å². The first-order valence-corrected chi connectivity index (χ1v) is 7.91. The van der Waals surface area contributed by atoms with Gasteiger partial charge in [-0.3, -0.25) is 14.6 Å². The molecule has 0 fully saturated rings. The minimum atomic E-state index is -0.479. The van der Waals surface area contributed by atoms with Crippen LogP contribution in [0.2, 0.25) is 0 Å². The Bertz CT molecular complexity index is 955. The molecule has 0 unspecified atom stereocenters. The number of pyridine rings is 1. The van der Waals surface area contributed by atoms with Crippen molar-refractivity contribution >= 4 is 23.2 Å². The minimum absolute atomic E-state index is 0.200. The minimum Gasteiger partial charge on any atom is -0.322 e. The zero-order chi connectivity index (χ0) is 18.5. The van der Waals surface area contributed by atoms with Gasteiger partial charge in [0.25, 0.3) is 11.8 Å². The molecule has 0 aliphatic carbocycles. The maximum Gasteiger partial charge on any atom is 0.257 e. The molecule has 5 nitrogen and oxygen atoms in total. The predicted molar refractivity (Wildman–Crippen MR) is 97.7 cm³/mol. The molecule has 3 rings (SSSR count). The van der Waals surface area contributed by atoms with Crippen molar-refractivity contribution in [1.82, 2.24) is 4.98 Å². The first-order valence-electron chi connectivity index (χ1n) is 7.91. The van der Waals surface area contributed by atoms with Gasteiger partial charge >= 0.3 is 0 Å². The molecule has 0 radical (unpaired) electrons. The van der Waals surface area contributed by atoms with Gasteiger partial charge in [0.15, 0.2) is 0 Å². The number of halogens is 1. The average Bonchev–Trinajstić information content (AvgIpc) is 2.64. The van der Waals surface area contributed by atoms with Crippen molar-refractivity contribution in [2.45, 2.75) is 6.92 Å². The van der Waals surface area contributed by atoms with Gasteiger partial charge in [-0.15, -0.1) is 0 Å². The van der Waals surface area contributed by atoms with Gasteiger partial charge < -0.3 is 10.6 Å². The average molecular weight is 349 g/mol. The van der Waals surface area contributed by atoms with E-state index in [2.05, 4.69) is 15.6 Å². The summed E-state index contributed by atoms with van der Waals surface area (Å²) in [5, 5.41) is 5.32. The van der Waals surface area contributed by atoms with E-state index in [0.717, 1.165) is 5.56 Å². The summed E-state index contributed by atoms with van der Waals surface area (Å²) in [5.74, 6) is -1.30. The van der Waals surface area contributed by atoms with E-state index in [9.17, 15) is 14.0 Å². The van der Waals surface area contributed by atoms with Crippen LogP contribution < -0.4 is 10.6 Å². The molecule has 3 aromatic rings. The number of anilines is 2. The quantitative estimate of drug-likeness (QED) is 0.747. The van der Waals surface area contributed by atoms with Gasteiger partial charge in [-0.2, -0.15) is 0 Å². The first kappa shape index (κ1) is 17.3. The third-order valence-corrected chi connectivity index (χ3v) is 3.65. The van der Waals surface area contributed by atoms with Crippen molar-refractivity contribution in [2.75, 3.05) is 10.6 Å². The number of benzene rings is 2. The number of rotatable bonds is 4. The van der Waals surface area contributed by atoms with Crippen molar-refractivity contribution < 1.29 is 14.0 Å². The molecule has 0 aliphatic heterocycles. The lowest BCUT2D eigenvalue weighted by Crippen LogP contribution is -2.16. The number of hydrogen-bond acceptors (Lipinski definition) is 3. The van der Waals surface area contributed by atoms with Gasteiger partial charge in [-0.05, 0) is 43.3 Å². The molecule has 0 saturated carbocycles. The Labute approximate surface area is 149 Å². The normalized spacial score (nSPS) is 10.2. The largest absolute Gasteiger partial charge is 0.322 e. The third-order valence-electron chi connectivity index (χ3n) is 3.65. The summed E-state index contributed by atoms with van der Waals surface area (Å²) in [7, 11) is 0. The molecular formula is C20H16FN3O2. The fourth-order valence-electron chi connectivity index (χ4n) is 2.30. The zero-order valence-electron chi connectivity index (χ0n) is 14.0. The molecule has 0 spiro atoms. The number of amides is 2. The van der Waals surface area contributed by atoms with Crippen LogP contribution in [0.3, 0.4) is 0 Å². The second kappa shape index (κ2) is 7.57. The second-order valence-electron chi connectivity index (χ2n) is 5.75. The Hall–Kier alpha value is -3.54. The molecule has 0 aliphatic rings. The lowest BCUT2D eigenvalue weighted by atomic mass is 10.1. The third kappa shape index (κ3) is 4.30. The summed E-state index contributed by atoms with van der Waals surface area (Å²) < 4.78 is 13.2. The Morgan fingerprint density at radius 2 is 1.46 bits per heavy atom. The number of nitrogens with one attached hydrogen (secondary N) is 2. The van der Waals surface area contributed by atoms with Gasteiger partial charge in [0.05, 0.1) is 11.1 Å². The highest BCUT2D eigenvalue weighted by atomic mass is 19.1. The summed E-state index contributed by atoms with van der Waals surface area (Å²) in [4.78, 5) is 28.6. The number of aromatic nitrogens is 1. The van der Waals surface area contributed by atoms with Crippen molar-refractivity contribution in [3.8, 4) is 0 Å². The number of carbonyl (C=O) groups is 2. The second-order valence-corrected chi connectivity index (χ2v) is 5.75. The molecule has 2 aromatic carbocycles. The van der Waals surface area contributed by atoms with Gasteiger partial charge in [-0.1, -0.05) is 23.8 Å². The summed E-state index contributed by atoms with van der Waals surface area (Å²) >= 11 is 0. The standard InChI is InChI=1S/C20H16FN3O2/c1-13-5-7-17(8-6-13)23-19(25)14-9-15(12-22-11-14)20(26)24-18-4-2-3-16(21)10-18/h2-12H,1H3,(H,23,25)(H,24,26). The Balaban J connectivity index is 1.73. The molecule has 26 heavy (non-hydrogen) atoms. The molecule has 0 saturated heterocycles. The lowest BCUT2D eigenvalue weighted by molar-refractivity contribution is 0.102. The molecule has 6 heteroatoms. The first-order chi connectivity index (χ1) is 12.5. The van der Waals surface area contributed by atoms with Crippen molar-refractivity contribution in [3.05, 3.63) is 89.5 Å². The molecule has 130 valence electrons. The summed E-state index contributed by atoms with van der Waals surface area (Å²) in [5.41, 5.74) is 2.50. The Kier molecular flexibility index (Phi) is 5.03. The van der Waals surface area contributed by atoms with E-state index in [1.807, 2.05) is 19.1 Å². The highest BCUT2D eigenvalue weighted by Gasteiger charge is 2.12. The van der Waals surface area contributed by atoms with Crippen molar-refractivity contribution in [3.63, 3.8) is 0 Å². The predicted octanol–water partition coefficient (Wildman–Crippen LogP) is 4.03. The number of aryl methyl sites for hydroxylation is 1. The van der Waals surface area contributed by atoms with E-state index in [1.165, 1.54) is 36.7 Å². The van der Waals surface area contributed by atoms with Crippen LogP contribution in [-0.2, 0) is 0 Å². The zero-order valence-corrected chi connectivity index (χ0v) is 14.0. The number of hydrogen-bond donors (Lipinski definition) is 2. The lowest BCUT2D eigenvalue weighted by Gasteiger charge is -2.08. The van der Waals surface area contributed by atoms with Gasteiger partial charge in [-0.25, -0.2) is 4.39 Å². The molecule has 2 amide bonds. The van der Waals surface area contributed by atoms with Gasteiger partial charge in [0, 0.05) is 23.8 Å². The van der Waals surface area contributed by atoms with Crippen LogP contribution in [0.5, 0.6) is 0 Å². The SMILES string of the molecule is Cc1ccc(NC(=O)c2cncc(C(=O)Nc3cccc(F)c3)c2)cc1. The van der Waals surface area contributed by atoms with E-state index in [1.54, 1.807) is 18.2 Å². The fraction of sp³-hybridized carbons (Fsp3) is 0.0500. The smallest absolute Gasteiger partial charge is 0.257 e. The number of carbonyl (C=O) groups excluding carboxylic acids is 2. The van der Waals surface area contributed by atoms with E-state index in [-0.39, 0.29) is 17.0 Å². The summed E-state index contributed by atoms with van der Waals surface area (Å²) in [6.45, 7) is 1.95. The maximum atomic E-state index is 13.2. The van der Waals surface area contributed by atoms with Crippen LogP contribution in [0.4, 0.5) is 15.8 Å². The molecule has 1 heterocycles. The number of nitrogens with zero attached hydrogens (tertiary/aromatic N) is 1. The van der Waals surface area contributed by atoms with Crippen molar-refractivity contribution in [2.24, 2.45) is 0 Å². The molecule has 2 N–H and O–H groups in total. The molecule has 0 atom stereocenters. The fourth-order valence-corrected chi connectivity index (χ4v) is 2.30. The van der Waals surface area contributed by atoms with Crippen LogP contribution >= 0.6 is 0 Å². The Morgan fingerprint density at radius 1 is 0.846 bits per heavy atom. The van der Waals surface area contributed by atoms with E-state index in [0.29, 0.717) is 11.4 Å². The van der Waals surface area contributed by atoms with E-state index >= 15 is 0 Å². The monoisotopic (exact) mass is 349 g/mol. The van der Waals surface area contributed by atoms with Gasteiger partial charge in [0.1, 0.15) is 5.82 Å². The van der Waals surface area contributed by atoms with E-state index in [4.69, 9.17) is 0 Å². The highest BCUT2D eigenvalue weighted by Crippen LogP contribution is 2.13. The van der Waals surface area contributed by atoms with E-state index < -0.39 is 11.7 Å². The van der Waals surface area contributed by atoms with Gasteiger partial charge in [0.2, 0.25) is 0 Å². The van der Waals surface area contributed by atoms with Crippen LogP contribution in [0.1, 0.15) is 26.3 Å². The van der Waals surface area contributed by atoms with Crippen LogP contribution in [0.25, 0.3) is 0 Å². The van der Waals surface area contributed by atoms with Crippen LogP contribution in [-0.4, -0.2) is 16.8 Å². The molecule has 1 aromatic heterocycles. The Morgan fingerprint density at radius 3 is 2.08 bits per heavy atom. The highest BCUT2D eigenvalue weighted by molar-refractivity contribution is 6.08. The maximum absolute atomic E-state index is 13.2. The summed E-state index contributed by atoms with van der Waals surface area (Å²) in [6, 6.07) is 14.4.